The second-order valence-corrected chi connectivity index (χ2v) is 5.56. The molecule has 0 radical (unpaired) electrons. The third kappa shape index (κ3) is 2.67. The molecule has 1 saturated carbocycles. The van der Waals surface area contributed by atoms with Crippen LogP contribution in [-0.4, -0.2) is 11.5 Å². The molecule has 0 bridgehead atoms. The largest absolute Gasteiger partial charge is 0.397 e. The zero-order valence-corrected chi connectivity index (χ0v) is 11.2. The van der Waals surface area contributed by atoms with E-state index < -0.39 is 0 Å². The Kier molecular flexibility index (Phi) is 3.38. The first-order valence-corrected chi connectivity index (χ1v) is 6.59. The van der Waals surface area contributed by atoms with E-state index in [1.165, 1.54) is 25.7 Å². The summed E-state index contributed by atoms with van der Waals surface area (Å²) in [4.78, 5) is 4.29. The number of nitrogens with two attached hydrogens (primary N) is 1. The Labute approximate surface area is 105 Å². The molecule has 1 aromatic rings. The molecule has 0 spiro atoms. The van der Waals surface area contributed by atoms with Crippen LogP contribution in [0.5, 0.6) is 0 Å². The number of rotatable bonds is 5. The van der Waals surface area contributed by atoms with Gasteiger partial charge in [-0.3, -0.25) is 0 Å². The lowest BCUT2D eigenvalue weighted by molar-refractivity contribution is 0.485. The fourth-order valence-corrected chi connectivity index (χ4v) is 2.58. The Bertz CT molecular complexity index is 375. The summed E-state index contributed by atoms with van der Waals surface area (Å²) in [6.07, 6.45) is 6.96. The first-order chi connectivity index (χ1) is 7.65. The Hall–Kier alpha value is -0.770. The third-order valence-electron chi connectivity index (χ3n) is 3.23. The lowest BCUT2D eigenvalue weighted by Crippen LogP contribution is -2.16. The molecule has 1 aliphatic carbocycles. The van der Waals surface area contributed by atoms with Gasteiger partial charge >= 0.3 is 0 Å². The van der Waals surface area contributed by atoms with Crippen LogP contribution in [-0.2, 0) is 0 Å². The molecule has 1 aromatic heterocycles. The number of anilines is 2. The molecule has 88 valence electrons. The first kappa shape index (κ1) is 11.7. The number of pyridine rings is 1. The zero-order chi connectivity index (χ0) is 11.6. The van der Waals surface area contributed by atoms with Gasteiger partial charge in [-0.1, -0.05) is 13.3 Å². The van der Waals surface area contributed by atoms with Crippen LogP contribution in [0, 0.1) is 5.41 Å². The van der Waals surface area contributed by atoms with Crippen molar-refractivity contribution in [1.82, 2.24) is 4.98 Å². The molecule has 1 heterocycles. The van der Waals surface area contributed by atoms with E-state index in [-0.39, 0.29) is 0 Å². The predicted molar refractivity (Wildman–Crippen MR) is 71.4 cm³/mol. The van der Waals surface area contributed by atoms with Gasteiger partial charge < -0.3 is 11.1 Å². The van der Waals surface area contributed by atoms with Crippen LogP contribution in [0.4, 0.5) is 11.5 Å². The summed E-state index contributed by atoms with van der Waals surface area (Å²) in [6, 6.07) is 1.88. The molecule has 0 aliphatic heterocycles. The van der Waals surface area contributed by atoms with Crippen molar-refractivity contribution < 1.29 is 0 Å². The van der Waals surface area contributed by atoms with Gasteiger partial charge in [-0.15, -0.1) is 0 Å². The van der Waals surface area contributed by atoms with Gasteiger partial charge in [0.2, 0.25) is 0 Å². The number of hydrogen-bond acceptors (Lipinski definition) is 3. The molecule has 2 rings (SSSR count). The molecule has 1 aliphatic rings. The van der Waals surface area contributed by atoms with E-state index in [0.29, 0.717) is 11.1 Å². The number of nitrogen functional groups attached to an aromatic ring is 1. The van der Waals surface area contributed by atoms with Crippen molar-refractivity contribution >= 4 is 27.4 Å². The van der Waals surface area contributed by atoms with Gasteiger partial charge in [-0.05, 0) is 46.7 Å². The average molecular weight is 284 g/mol. The molecule has 0 unspecified atom stereocenters. The standard InChI is InChI=1S/C12H18BrN3/c1-2-3-12(4-5-12)8-16-11-10(13)6-9(14)7-15-11/h6-7H,2-5,8,14H2,1H3,(H,15,16). The second-order valence-electron chi connectivity index (χ2n) is 4.70. The minimum Gasteiger partial charge on any atom is -0.397 e. The molecule has 16 heavy (non-hydrogen) atoms. The molecule has 0 atom stereocenters. The topological polar surface area (TPSA) is 50.9 Å². The van der Waals surface area contributed by atoms with Crippen LogP contribution >= 0.6 is 15.9 Å². The van der Waals surface area contributed by atoms with Gasteiger partial charge in [0.05, 0.1) is 16.4 Å². The van der Waals surface area contributed by atoms with E-state index in [1.807, 2.05) is 6.07 Å². The number of halogens is 1. The fraction of sp³-hybridized carbons (Fsp3) is 0.583. The van der Waals surface area contributed by atoms with Crippen LogP contribution < -0.4 is 11.1 Å². The van der Waals surface area contributed by atoms with Gasteiger partial charge in [0.15, 0.2) is 0 Å². The Morgan fingerprint density at radius 1 is 1.56 bits per heavy atom. The maximum atomic E-state index is 5.65. The maximum Gasteiger partial charge on any atom is 0.140 e. The lowest BCUT2D eigenvalue weighted by atomic mass is 10.0. The molecule has 0 amide bonds. The van der Waals surface area contributed by atoms with E-state index in [2.05, 4.69) is 33.2 Å². The Balaban J connectivity index is 1.94. The summed E-state index contributed by atoms with van der Waals surface area (Å²) < 4.78 is 0.944. The average Bonchev–Trinajstić information content (AvgIpc) is 2.98. The van der Waals surface area contributed by atoms with Gasteiger partial charge in [0.25, 0.3) is 0 Å². The van der Waals surface area contributed by atoms with E-state index >= 15 is 0 Å². The van der Waals surface area contributed by atoms with Gasteiger partial charge in [-0.2, -0.15) is 0 Å². The van der Waals surface area contributed by atoms with Crippen molar-refractivity contribution in [3.63, 3.8) is 0 Å². The summed E-state index contributed by atoms with van der Waals surface area (Å²) >= 11 is 3.47. The van der Waals surface area contributed by atoms with Crippen molar-refractivity contribution in [2.45, 2.75) is 32.6 Å². The summed E-state index contributed by atoms with van der Waals surface area (Å²) in [5, 5.41) is 3.41. The highest BCUT2D eigenvalue weighted by atomic mass is 79.9. The highest BCUT2D eigenvalue weighted by Crippen LogP contribution is 2.49. The normalized spacial score (nSPS) is 17.1. The van der Waals surface area contributed by atoms with Crippen molar-refractivity contribution in [2.24, 2.45) is 5.41 Å². The van der Waals surface area contributed by atoms with E-state index in [1.54, 1.807) is 6.20 Å². The summed E-state index contributed by atoms with van der Waals surface area (Å²) in [5.41, 5.74) is 6.88. The summed E-state index contributed by atoms with van der Waals surface area (Å²) in [5.74, 6) is 0.900. The third-order valence-corrected chi connectivity index (χ3v) is 3.84. The van der Waals surface area contributed by atoms with Gasteiger partial charge in [0, 0.05) is 6.54 Å². The number of nitrogens with one attached hydrogen (secondary N) is 1. The van der Waals surface area contributed by atoms with Crippen molar-refractivity contribution in [2.75, 3.05) is 17.6 Å². The zero-order valence-electron chi connectivity index (χ0n) is 9.59. The monoisotopic (exact) mass is 283 g/mol. The highest BCUT2D eigenvalue weighted by Gasteiger charge is 2.41. The van der Waals surface area contributed by atoms with Crippen LogP contribution in [0.3, 0.4) is 0 Å². The van der Waals surface area contributed by atoms with Crippen LogP contribution in [0.25, 0.3) is 0 Å². The quantitative estimate of drug-likeness (QED) is 0.871. The molecular weight excluding hydrogens is 266 g/mol. The summed E-state index contributed by atoms with van der Waals surface area (Å²) in [7, 11) is 0. The number of hydrogen-bond donors (Lipinski definition) is 2. The van der Waals surface area contributed by atoms with E-state index in [4.69, 9.17) is 5.73 Å². The van der Waals surface area contributed by atoms with Crippen molar-refractivity contribution in [3.8, 4) is 0 Å². The molecule has 1 fully saturated rings. The fourth-order valence-electron chi connectivity index (χ4n) is 2.08. The summed E-state index contributed by atoms with van der Waals surface area (Å²) in [6.45, 7) is 3.27. The van der Waals surface area contributed by atoms with Crippen molar-refractivity contribution in [3.05, 3.63) is 16.7 Å². The van der Waals surface area contributed by atoms with Crippen LogP contribution in [0.1, 0.15) is 32.6 Å². The minimum atomic E-state index is 0.539. The van der Waals surface area contributed by atoms with Gasteiger partial charge in [-0.25, -0.2) is 4.98 Å². The lowest BCUT2D eigenvalue weighted by Gasteiger charge is -2.16. The molecule has 0 saturated heterocycles. The Morgan fingerprint density at radius 2 is 2.31 bits per heavy atom. The molecule has 3 N–H and O–H groups in total. The number of aromatic nitrogens is 1. The second kappa shape index (κ2) is 4.62. The van der Waals surface area contributed by atoms with Crippen molar-refractivity contribution in [1.29, 1.82) is 0 Å². The van der Waals surface area contributed by atoms with E-state index in [9.17, 15) is 0 Å². The minimum absolute atomic E-state index is 0.539. The predicted octanol–water partition coefficient (Wildman–Crippen LogP) is 3.42. The number of nitrogens with zero attached hydrogens (tertiary/aromatic N) is 1. The Morgan fingerprint density at radius 3 is 2.88 bits per heavy atom. The van der Waals surface area contributed by atoms with Crippen LogP contribution in [0.15, 0.2) is 16.7 Å². The molecule has 3 nitrogen and oxygen atoms in total. The van der Waals surface area contributed by atoms with Gasteiger partial charge in [0.1, 0.15) is 5.82 Å². The SMILES string of the molecule is CCCC1(CNc2ncc(N)cc2Br)CC1. The maximum absolute atomic E-state index is 5.65. The first-order valence-electron chi connectivity index (χ1n) is 5.80. The molecular formula is C12H18BrN3. The molecule has 0 aromatic carbocycles. The van der Waals surface area contributed by atoms with Crippen LogP contribution in [0.2, 0.25) is 0 Å². The highest BCUT2D eigenvalue weighted by molar-refractivity contribution is 9.10. The molecule has 4 heteroatoms. The smallest absolute Gasteiger partial charge is 0.140 e. The van der Waals surface area contributed by atoms with E-state index in [0.717, 1.165) is 16.8 Å².